The molecule has 20 heavy (non-hydrogen) atoms. The first-order valence-corrected chi connectivity index (χ1v) is 7.10. The maximum Gasteiger partial charge on any atom is 0.126 e. The first-order valence-electron chi connectivity index (χ1n) is 7.10. The van der Waals surface area contributed by atoms with Crippen molar-refractivity contribution in [2.75, 3.05) is 0 Å². The van der Waals surface area contributed by atoms with Crippen molar-refractivity contribution in [1.29, 1.82) is 0 Å². The minimum atomic E-state index is -0.131. The predicted molar refractivity (Wildman–Crippen MR) is 80.0 cm³/mol. The summed E-state index contributed by atoms with van der Waals surface area (Å²) < 4.78 is 13.6. The van der Waals surface area contributed by atoms with Gasteiger partial charge in [-0.05, 0) is 43.0 Å². The van der Waals surface area contributed by atoms with Crippen LogP contribution in [-0.2, 0) is 19.4 Å². The lowest BCUT2D eigenvalue weighted by atomic mass is 10.1. The summed E-state index contributed by atoms with van der Waals surface area (Å²) in [6.07, 6.45) is 3.48. The Morgan fingerprint density at radius 2 is 1.90 bits per heavy atom. The highest BCUT2D eigenvalue weighted by atomic mass is 19.1. The molecule has 2 aromatic rings. The van der Waals surface area contributed by atoms with Crippen LogP contribution in [-0.4, -0.2) is 11.0 Å². The number of hydrogen-bond acceptors (Lipinski definition) is 2. The second kappa shape index (κ2) is 7.15. The molecular formula is C17H21FN2. The molecule has 0 aliphatic heterocycles. The van der Waals surface area contributed by atoms with Crippen LogP contribution in [0.4, 0.5) is 4.39 Å². The second-order valence-corrected chi connectivity index (χ2v) is 5.04. The van der Waals surface area contributed by atoms with Gasteiger partial charge >= 0.3 is 0 Å². The molecule has 1 atom stereocenters. The largest absolute Gasteiger partial charge is 0.308 e. The van der Waals surface area contributed by atoms with Gasteiger partial charge in [0.25, 0.3) is 0 Å². The summed E-state index contributed by atoms with van der Waals surface area (Å²) in [6.45, 7) is 4.92. The number of nitrogens with zero attached hydrogens (tertiary/aromatic N) is 1. The molecule has 0 saturated carbocycles. The molecule has 1 aromatic carbocycles. The van der Waals surface area contributed by atoms with Gasteiger partial charge in [0, 0.05) is 18.8 Å². The van der Waals surface area contributed by atoms with Crippen LogP contribution in [0.15, 0.2) is 42.6 Å². The van der Waals surface area contributed by atoms with Crippen molar-refractivity contribution in [3.8, 4) is 0 Å². The van der Waals surface area contributed by atoms with E-state index in [0.717, 1.165) is 24.2 Å². The summed E-state index contributed by atoms with van der Waals surface area (Å²) >= 11 is 0. The molecule has 2 rings (SSSR count). The second-order valence-electron chi connectivity index (χ2n) is 5.04. The first kappa shape index (κ1) is 14.7. The van der Waals surface area contributed by atoms with Crippen LogP contribution in [0.5, 0.6) is 0 Å². The van der Waals surface area contributed by atoms with Gasteiger partial charge in [0.15, 0.2) is 0 Å². The zero-order valence-electron chi connectivity index (χ0n) is 12.1. The highest BCUT2D eigenvalue weighted by molar-refractivity contribution is 5.20. The molecule has 1 aromatic heterocycles. The molecule has 1 unspecified atom stereocenters. The number of rotatable bonds is 6. The average molecular weight is 272 g/mol. The molecule has 0 aliphatic rings. The number of aryl methyl sites for hydroxylation is 1. The van der Waals surface area contributed by atoms with Gasteiger partial charge in [0.2, 0.25) is 0 Å². The molecule has 1 heterocycles. The zero-order chi connectivity index (χ0) is 14.4. The van der Waals surface area contributed by atoms with Gasteiger partial charge in [-0.25, -0.2) is 4.39 Å². The van der Waals surface area contributed by atoms with E-state index in [9.17, 15) is 4.39 Å². The van der Waals surface area contributed by atoms with Gasteiger partial charge in [-0.15, -0.1) is 0 Å². The van der Waals surface area contributed by atoms with E-state index in [1.54, 1.807) is 6.07 Å². The maximum atomic E-state index is 13.6. The van der Waals surface area contributed by atoms with Gasteiger partial charge in [-0.2, -0.15) is 0 Å². The van der Waals surface area contributed by atoms with Crippen molar-refractivity contribution in [2.45, 2.75) is 39.3 Å². The number of nitrogens with one attached hydrogen (secondary N) is 1. The van der Waals surface area contributed by atoms with E-state index < -0.39 is 0 Å². The molecule has 0 radical (unpaired) electrons. The van der Waals surface area contributed by atoms with Crippen molar-refractivity contribution in [3.63, 3.8) is 0 Å². The highest BCUT2D eigenvalue weighted by Gasteiger charge is 2.08. The zero-order valence-corrected chi connectivity index (χ0v) is 12.1. The lowest BCUT2D eigenvalue weighted by Gasteiger charge is -2.15. The van der Waals surface area contributed by atoms with Gasteiger partial charge in [-0.1, -0.05) is 31.2 Å². The normalized spacial score (nSPS) is 12.3. The molecule has 0 amide bonds. The van der Waals surface area contributed by atoms with E-state index >= 15 is 0 Å². The molecule has 3 heteroatoms. The Balaban J connectivity index is 1.92. The third-order valence-corrected chi connectivity index (χ3v) is 3.47. The Labute approximate surface area is 120 Å². The minimum absolute atomic E-state index is 0.131. The SMILES string of the molecule is CCc1cccnc1CNC(C)Cc1ccccc1F. The topological polar surface area (TPSA) is 24.9 Å². The van der Waals surface area contributed by atoms with Crippen LogP contribution in [0.1, 0.15) is 30.7 Å². The Morgan fingerprint density at radius 3 is 2.65 bits per heavy atom. The van der Waals surface area contributed by atoms with Crippen molar-refractivity contribution >= 4 is 0 Å². The lowest BCUT2D eigenvalue weighted by molar-refractivity contribution is 0.520. The fourth-order valence-electron chi connectivity index (χ4n) is 2.29. The number of halogens is 1. The average Bonchev–Trinajstić information content (AvgIpc) is 2.48. The molecule has 0 aliphatic carbocycles. The molecule has 106 valence electrons. The van der Waals surface area contributed by atoms with E-state index in [4.69, 9.17) is 0 Å². The summed E-state index contributed by atoms with van der Waals surface area (Å²) in [7, 11) is 0. The molecular weight excluding hydrogens is 251 g/mol. The highest BCUT2D eigenvalue weighted by Crippen LogP contribution is 2.10. The van der Waals surface area contributed by atoms with E-state index in [2.05, 4.69) is 30.2 Å². The van der Waals surface area contributed by atoms with Crippen LogP contribution in [0.3, 0.4) is 0 Å². The maximum absolute atomic E-state index is 13.6. The van der Waals surface area contributed by atoms with Gasteiger partial charge < -0.3 is 5.32 Å². The van der Waals surface area contributed by atoms with Crippen molar-refractivity contribution in [2.24, 2.45) is 0 Å². The predicted octanol–water partition coefficient (Wildman–Crippen LogP) is 3.50. The number of pyridine rings is 1. The third-order valence-electron chi connectivity index (χ3n) is 3.47. The first-order chi connectivity index (χ1) is 9.70. The quantitative estimate of drug-likeness (QED) is 0.870. The van der Waals surface area contributed by atoms with Gasteiger partial charge in [0.1, 0.15) is 5.82 Å². The minimum Gasteiger partial charge on any atom is -0.308 e. The van der Waals surface area contributed by atoms with Crippen LogP contribution >= 0.6 is 0 Å². The van der Waals surface area contributed by atoms with E-state index in [1.165, 1.54) is 11.6 Å². The van der Waals surface area contributed by atoms with Crippen LogP contribution in [0.25, 0.3) is 0 Å². The summed E-state index contributed by atoms with van der Waals surface area (Å²) in [6, 6.07) is 11.2. The summed E-state index contributed by atoms with van der Waals surface area (Å²) in [5.41, 5.74) is 3.10. The Morgan fingerprint density at radius 1 is 1.15 bits per heavy atom. The summed E-state index contributed by atoms with van der Waals surface area (Å²) in [4.78, 5) is 4.41. The van der Waals surface area contributed by atoms with Crippen molar-refractivity contribution in [1.82, 2.24) is 10.3 Å². The number of aromatic nitrogens is 1. The van der Waals surface area contributed by atoms with Gasteiger partial charge in [0.05, 0.1) is 5.69 Å². The monoisotopic (exact) mass is 272 g/mol. The molecule has 0 fully saturated rings. The van der Waals surface area contributed by atoms with Crippen LogP contribution in [0.2, 0.25) is 0 Å². The van der Waals surface area contributed by atoms with Gasteiger partial charge in [-0.3, -0.25) is 4.98 Å². The smallest absolute Gasteiger partial charge is 0.126 e. The molecule has 0 spiro atoms. The number of benzene rings is 1. The summed E-state index contributed by atoms with van der Waals surface area (Å²) in [5, 5.41) is 3.42. The van der Waals surface area contributed by atoms with Crippen LogP contribution < -0.4 is 5.32 Å². The molecule has 2 nitrogen and oxygen atoms in total. The van der Waals surface area contributed by atoms with E-state index in [-0.39, 0.29) is 11.9 Å². The third kappa shape index (κ3) is 3.87. The Kier molecular flexibility index (Phi) is 5.24. The fourth-order valence-corrected chi connectivity index (χ4v) is 2.29. The number of hydrogen-bond donors (Lipinski definition) is 1. The van der Waals surface area contributed by atoms with Crippen LogP contribution in [0, 0.1) is 5.82 Å². The fraction of sp³-hybridized carbons (Fsp3) is 0.353. The lowest BCUT2D eigenvalue weighted by Crippen LogP contribution is -2.28. The van der Waals surface area contributed by atoms with E-state index in [0.29, 0.717) is 6.42 Å². The van der Waals surface area contributed by atoms with Crippen molar-refractivity contribution in [3.05, 3.63) is 65.2 Å². The molecule has 0 bridgehead atoms. The van der Waals surface area contributed by atoms with E-state index in [1.807, 2.05) is 24.4 Å². The molecule has 1 N–H and O–H groups in total. The Bertz CT molecular complexity index is 554. The molecule has 0 saturated heterocycles. The standard InChI is InChI=1S/C17H21FN2/c1-3-14-8-6-10-19-17(14)12-20-13(2)11-15-7-4-5-9-16(15)18/h4-10,13,20H,3,11-12H2,1-2H3. The summed E-state index contributed by atoms with van der Waals surface area (Å²) in [5.74, 6) is -0.131. The van der Waals surface area contributed by atoms with Crippen molar-refractivity contribution < 1.29 is 4.39 Å². The Hall–Kier alpha value is -1.74.